The average molecular weight is 923 g/mol. The van der Waals surface area contributed by atoms with E-state index in [-0.39, 0.29) is 0 Å². The van der Waals surface area contributed by atoms with Crippen LogP contribution in [0.1, 0.15) is 174 Å². The fourth-order valence-electron chi connectivity index (χ4n) is 15.1. The summed E-state index contributed by atoms with van der Waals surface area (Å²) in [5.41, 5.74) is 39.1. The Morgan fingerprint density at radius 2 is 0.729 bits per heavy atom. The molecule has 360 valence electrons. The van der Waals surface area contributed by atoms with Gasteiger partial charge in [0.05, 0.1) is 0 Å². The van der Waals surface area contributed by atoms with Crippen molar-refractivity contribution >= 4 is 38.3 Å². The molecule has 4 unspecified atom stereocenters. The summed E-state index contributed by atoms with van der Waals surface area (Å²) in [4.78, 5) is 0. The second-order valence-electron chi connectivity index (χ2n) is 22.9. The average Bonchev–Trinajstić information content (AvgIpc) is 3.75. The van der Waals surface area contributed by atoms with Crippen LogP contribution in [0.25, 0.3) is 49.4 Å². The minimum absolute atomic E-state index is 0.345. The molecule has 0 N–H and O–H groups in total. The second kappa shape index (κ2) is 17.3. The zero-order chi connectivity index (χ0) is 50.3. The molecule has 3 aliphatic carbocycles. The third-order valence-corrected chi connectivity index (χ3v) is 20.0. The summed E-state index contributed by atoms with van der Waals surface area (Å²) in [7, 11) is 0. The van der Waals surface area contributed by atoms with Crippen molar-refractivity contribution in [3.8, 4) is 11.1 Å². The number of allylic oxidation sites excluding steroid dienone is 8. The molecule has 3 aliphatic rings. The smallest absolute Gasteiger partial charge is 0.143 e. The van der Waals surface area contributed by atoms with Gasteiger partial charge in [0.2, 0.25) is 0 Å². The normalized spacial score (nSPS) is 21.1. The van der Waals surface area contributed by atoms with Gasteiger partial charge in [-0.25, -0.2) is 0 Å². The van der Waals surface area contributed by atoms with Crippen LogP contribution in [0.15, 0.2) is 104 Å². The highest BCUT2D eigenvalue weighted by molar-refractivity contribution is 6.20. The lowest BCUT2D eigenvalue weighted by atomic mass is 9.61. The van der Waals surface area contributed by atoms with Crippen molar-refractivity contribution in [2.45, 2.75) is 169 Å². The van der Waals surface area contributed by atoms with Gasteiger partial charge in [-0.15, -0.1) is 0 Å². The van der Waals surface area contributed by atoms with Gasteiger partial charge in [-0.3, -0.25) is 0 Å². The lowest BCUT2D eigenvalue weighted by Gasteiger charge is -2.43. The molecule has 0 spiro atoms. The number of aryl methyl sites for hydroxylation is 4. The fourth-order valence-corrected chi connectivity index (χ4v) is 15.1. The van der Waals surface area contributed by atoms with Crippen molar-refractivity contribution < 1.29 is 4.42 Å². The SMILES string of the molecule is CC1=C(C)C2C(C)=C(C)C(c3c(C)c(C)c(-c4c(C)c(C)c(C5CC(c6ccccc6)CC(c6ccccc6)C5)c5c4oc4c(C)c6c(C)c(C)c(C)c(C)c6c(C)c45)c(C)c3C)=C(C)C2C(C)=C1C. The van der Waals surface area contributed by atoms with E-state index >= 15 is 0 Å². The highest BCUT2D eigenvalue weighted by atomic mass is 16.3. The van der Waals surface area contributed by atoms with Crippen molar-refractivity contribution in [1.29, 1.82) is 0 Å². The summed E-state index contributed by atoms with van der Waals surface area (Å²) in [6.07, 6.45) is 3.40. The third-order valence-electron chi connectivity index (χ3n) is 20.0. The summed E-state index contributed by atoms with van der Waals surface area (Å²) in [5, 5.41) is 5.45. The van der Waals surface area contributed by atoms with Crippen LogP contribution in [0.3, 0.4) is 0 Å². The van der Waals surface area contributed by atoms with Gasteiger partial charge in [-0.05, 0) is 291 Å². The maximum atomic E-state index is 7.77. The van der Waals surface area contributed by atoms with Crippen LogP contribution in [-0.4, -0.2) is 0 Å². The first kappa shape index (κ1) is 48.0. The lowest BCUT2D eigenvalue weighted by Crippen LogP contribution is -2.29. The predicted octanol–water partition coefficient (Wildman–Crippen LogP) is 20.0. The molecular formula is C69H78O. The summed E-state index contributed by atoms with van der Waals surface area (Å²) in [5.74, 6) is 2.07. The van der Waals surface area contributed by atoms with E-state index in [0.717, 1.165) is 30.4 Å². The van der Waals surface area contributed by atoms with Crippen molar-refractivity contribution in [1.82, 2.24) is 0 Å². The zero-order valence-electron chi connectivity index (χ0n) is 46.2. The number of furan rings is 1. The lowest BCUT2D eigenvalue weighted by molar-refractivity contribution is 0.352. The van der Waals surface area contributed by atoms with E-state index in [4.69, 9.17) is 4.42 Å². The quantitative estimate of drug-likeness (QED) is 0.168. The molecule has 1 fully saturated rings. The molecule has 0 amide bonds. The van der Waals surface area contributed by atoms with Gasteiger partial charge >= 0.3 is 0 Å². The van der Waals surface area contributed by atoms with Gasteiger partial charge in [0.1, 0.15) is 11.2 Å². The monoisotopic (exact) mass is 923 g/mol. The second-order valence-corrected chi connectivity index (χ2v) is 22.9. The molecule has 1 saturated carbocycles. The Morgan fingerprint density at radius 1 is 0.314 bits per heavy atom. The highest BCUT2D eigenvalue weighted by Gasteiger charge is 2.41. The van der Waals surface area contributed by atoms with E-state index in [9.17, 15) is 0 Å². The van der Waals surface area contributed by atoms with Gasteiger partial charge in [-0.1, -0.05) is 83.0 Å². The first-order valence-electron chi connectivity index (χ1n) is 26.5. The summed E-state index contributed by atoms with van der Waals surface area (Å²) < 4.78 is 7.77. The minimum atomic E-state index is 0.345. The molecule has 6 aromatic carbocycles. The molecule has 0 aliphatic heterocycles. The van der Waals surface area contributed by atoms with E-state index in [2.05, 4.69) is 192 Å². The van der Waals surface area contributed by atoms with Crippen LogP contribution in [0.5, 0.6) is 0 Å². The molecule has 1 heteroatoms. The molecule has 4 atom stereocenters. The van der Waals surface area contributed by atoms with E-state index in [0.29, 0.717) is 29.6 Å². The number of fused-ring (bicyclic) bond motifs is 5. The Labute approximate surface area is 420 Å². The predicted molar refractivity (Wildman–Crippen MR) is 303 cm³/mol. The largest absolute Gasteiger partial charge is 0.455 e. The molecule has 0 bridgehead atoms. The molecule has 1 nitrogen and oxygen atoms in total. The van der Waals surface area contributed by atoms with E-state index in [1.165, 1.54) is 166 Å². The van der Waals surface area contributed by atoms with E-state index in [1.54, 1.807) is 0 Å². The Morgan fingerprint density at radius 3 is 1.23 bits per heavy atom. The van der Waals surface area contributed by atoms with Crippen molar-refractivity contribution in [2.24, 2.45) is 11.8 Å². The van der Waals surface area contributed by atoms with Crippen LogP contribution in [-0.2, 0) is 0 Å². The van der Waals surface area contributed by atoms with Crippen molar-refractivity contribution in [3.63, 3.8) is 0 Å². The van der Waals surface area contributed by atoms with Crippen LogP contribution >= 0.6 is 0 Å². The van der Waals surface area contributed by atoms with Gasteiger partial charge < -0.3 is 4.42 Å². The molecule has 1 aromatic heterocycles. The molecule has 0 radical (unpaired) electrons. The van der Waals surface area contributed by atoms with Crippen molar-refractivity contribution in [2.75, 3.05) is 0 Å². The molecule has 70 heavy (non-hydrogen) atoms. The Balaban J connectivity index is 1.29. The van der Waals surface area contributed by atoms with E-state index < -0.39 is 0 Å². The summed E-state index contributed by atoms with van der Waals surface area (Å²) in [6.45, 7) is 45.4. The minimum Gasteiger partial charge on any atom is -0.455 e. The maximum Gasteiger partial charge on any atom is 0.143 e. The van der Waals surface area contributed by atoms with Gasteiger partial charge in [0.15, 0.2) is 0 Å². The number of hydrogen-bond acceptors (Lipinski definition) is 1. The van der Waals surface area contributed by atoms with Crippen LogP contribution < -0.4 is 0 Å². The number of benzene rings is 6. The van der Waals surface area contributed by atoms with Gasteiger partial charge in [0, 0.05) is 33.7 Å². The molecule has 0 saturated heterocycles. The number of rotatable bonds is 5. The third kappa shape index (κ3) is 6.76. The van der Waals surface area contributed by atoms with Crippen LogP contribution in [0.2, 0.25) is 0 Å². The number of hydrogen-bond donors (Lipinski definition) is 0. The van der Waals surface area contributed by atoms with E-state index in [1.807, 2.05) is 0 Å². The van der Waals surface area contributed by atoms with Gasteiger partial charge in [0.25, 0.3) is 0 Å². The fraction of sp³-hybridized carbons (Fsp3) is 0.391. The van der Waals surface area contributed by atoms with Gasteiger partial charge in [-0.2, -0.15) is 0 Å². The topological polar surface area (TPSA) is 13.1 Å². The highest BCUT2D eigenvalue weighted by Crippen LogP contribution is 2.57. The summed E-state index contributed by atoms with van der Waals surface area (Å²) >= 11 is 0. The zero-order valence-corrected chi connectivity index (χ0v) is 46.2. The Hall–Kier alpha value is -5.66. The standard InChI is InChI=1S/C69H78O/c1-33-34(2)38(6)60-49(17)62(46(14)43(11)57(60)37(33)5)58-41(9)44(12)59(45(13)42(58)10)65-48(16)47(15)64(56-31-54(52-26-22-20-23-27-52)30-55(32-56)53-28-24-21-25-29-53)67-66-50(18)61-39(7)35(3)36(4)40(8)63(61)51(19)68(66)70-69(65)67/h20-29,54-57,60H,30-32H2,1-19H3. The summed E-state index contributed by atoms with van der Waals surface area (Å²) in [6, 6.07) is 22.8. The molecular weight excluding hydrogens is 845 g/mol. The first-order chi connectivity index (χ1) is 33.2. The molecule has 10 rings (SSSR count). The Bertz CT molecular complexity index is 3460. The molecule has 7 aromatic rings. The Kier molecular flexibility index (Phi) is 11.8. The van der Waals surface area contributed by atoms with Crippen molar-refractivity contribution in [3.05, 3.63) is 189 Å². The molecule has 1 heterocycles. The maximum absolute atomic E-state index is 7.77. The van der Waals surface area contributed by atoms with Crippen LogP contribution in [0, 0.1) is 94.9 Å². The van der Waals surface area contributed by atoms with Crippen LogP contribution in [0.4, 0.5) is 0 Å². The first-order valence-corrected chi connectivity index (χ1v) is 26.5.